The lowest BCUT2D eigenvalue weighted by atomic mass is 10.1. The third kappa shape index (κ3) is 2.17. The Morgan fingerprint density at radius 3 is 2.67 bits per heavy atom. The van der Waals surface area contributed by atoms with Gasteiger partial charge in [0.15, 0.2) is 0 Å². The lowest BCUT2D eigenvalue weighted by Gasteiger charge is -2.29. The molecule has 2 nitrogen and oxygen atoms in total. The second kappa shape index (κ2) is 5.15. The molecule has 1 aromatic carbocycles. The third-order valence-electron chi connectivity index (χ3n) is 3.58. The van der Waals surface area contributed by atoms with Gasteiger partial charge in [-0.2, -0.15) is 0 Å². The summed E-state index contributed by atoms with van der Waals surface area (Å²) in [5, 5.41) is 1.17. The summed E-state index contributed by atoms with van der Waals surface area (Å²) >= 11 is 6.09. The highest BCUT2D eigenvalue weighted by molar-refractivity contribution is 6.17. The average molecular weight is 261 g/mol. The molecular formula is C15H17ClN2. The SMILES string of the molecule is ClCc1cc2ccccc2nc1N1CCCCC1. The van der Waals surface area contributed by atoms with Crippen molar-refractivity contribution < 1.29 is 0 Å². The maximum absolute atomic E-state index is 6.09. The lowest BCUT2D eigenvalue weighted by Crippen LogP contribution is -2.31. The Morgan fingerprint density at radius 1 is 1.11 bits per heavy atom. The van der Waals surface area contributed by atoms with Crippen LogP contribution in [-0.4, -0.2) is 18.1 Å². The normalized spacial score (nSPS) is 16.2. The third-order valence-corrected chi connectivity index (χ3v) is 3.87. The van der Waals surface area contributed by atoms with Crippen molar-refractivity contribution in [1.29, 1.82) is 0 Å². The second-order valence-corrected chi connectivity index (χ2v) is 5.11. The number of fused-ring (bicyclic) bond motifs is 1. The number of pyridine rings is 1. The van der Waals surface area contributed by atoms with Crippen LogP contribution in [-0.2, 0) is 5.88 Å². The topological polar surface area (TPSA) is 16.1 Å². The molecule has 1 aliphatic heterocycles. The molecule has 1 fully saturated rings. The van der Waals surface area contributed by atoms with Gasteiger partial charge < -0.3 is 4.90 Å². The largest absolute Gasteiger partial charge is 0.356 e. The van der Waals surface area contributed by atoms with Crippen molar-refractivity contribution in [3.63, 3.8) is 0 Å². The molecule has 0 radical (unpaired) electrons. The maximum Gasteiger partial charge on any atom is 0.133 e. The Bertz CT molecular complexity index is 547. The van der Waals surface area contributed by atoms with Gasteiger partial charge in [0.2, 0.25) is 0 Å². The number of alkyl halides is 1. The highest BCUT2D eigenvalue weighted by Gasteiger charge is 2.16. The van der Waals surface area contributed by atoms with E-state index in [2.05, 4.69) is 23.1 Å². The number of hydrogen-bond acceptors (Lipinski definition) is 2. The Labute approximate surface area is 113 Å². The first-order valence-corrected chi connectivity index (χ1v) is 7.11. The van der Waals surface area contributed by atoms with Gasteiger partial charge >= 0.3 is 0 Å². The molecule has 0 aliphatic carbocycles. The van der Waals surface area contributed by atoms with Crippen LogP contribution in [0.25, 0.3) is 10.9 Å². The van der Waals surface area contributed by atoms with Crippen LogP contribution in [0.3, 0.4) is 0 Å². The second-order valence-electron chi connectivity index (χ2n) is 4.85. The summed E-state index contributed by atoms with van der Waals surface area (Å²) in [5.74, 6) is 1.62. The van der Waals surface area contributed by atoms with E-state index in [0.29, 0.717) is 5.88 Å². The summed E-state index contributed by atoms with van der Waals surface area (Å²) in [4.78, 5) is 7.19. The summed E-state index contributed by atoms with van der Waals surface area (Å²) in [6.07, 6.45) is 3.85. The Kier molecular flexibility index (Phi) is 3.37. The van der Waals surface area contributed by atoms with E-state index >= 15 is 0 Å². The number of aromatic nitrogens is 1. The molecular weight excluding hydrogens is 244 g/mol. The van der Waals surface area contributed by atoms with Crippen molar-refractivity contribution in [2.75, 3.05) is 18.0 Å². The molecule has 0 saturated carbocycles. The van der Waals surface area contributed by atoms with E-state index < -0.39 is 0 Å². The first kappa shape index (κ1) is 11.8. The van der Waals surface area contributed by atoms with E-state index in [0.717, 1.165) is 30.0 Å². The highest BCUT2D eigenvalue weighted by atomic mass is 35.5. The zero-order chi connectivity index (χ0) is 12.4. The number of rotatable bonds is 2. The van der Waals surface area contributed by atoms with Crippen molar-refractivity contribution in [3.05, 3.63) is 35.9 Å². The first-order valence-electron chi connectivity index (χ1n) is 6.58. The van der Waals surface area contributed by atoms with Gasteiger partial charge in [0.25, 0.3) is 0 Å². The molecule has 0 atom stereocenters. The zero-order valence-electron chi connectivity index (χ0n) is 10.4. The number of benzene rings is 1. The van der Waals surface area contributed by atoms with Gasteiger partial charge in [0.1, 0.15) is 5.82 Å². The summed E-state index contributed by atoms with van der Waals surface area (Å²) in [6, 6.07) is 10.4. The Hall–Kier alpha value is -1.28. The van der Waals surface area contributed by atoms with Gasteiger partial charge in [0.05, 0.1) is 11.4 Å². The predicted molar refractivity (Wildman–Crippen MR) is 77.4 cm³/mol. The molecule has 0 bridgehead atoms. The molecule has 1 saturated heterocycles. The maximum atomic E-state index is 6.09. The van der Waals surface area contributed by atoms with Crippen molar-refractivity contribution in [2.45, 2.75) is 25.1 Å². The number of para-hydroxylation sites is 1. The monoisotopic (exact) mass is 260 g/mol. The summed E-state index contributed by atoms with van der Waals surface area (Å²) < 4.78 is 0. The van der Waals surface area contributed by atoms with Gasteiger partial charge in [0, 0.05) is 24.0 Å². The summed E-state index contributed by atoms with van der Waals surface area (Å²) in [7, 11) is 0. The van der Waals surface area contributed by atoms with Crippen LogP contribution in [0.4, 0.5) is 5.82 Å². The van der Waals surface area contributed by atoms with E-state index in [1.165, 1.54) is 24.6 Å². The van der Waals surface area contributed by atoms with Gasteiger partial charge in [-0.25, -0.2) is 4.98 Å². The van der Waals surface area contributed by atoms with Crippen LogP contribution >= 0.6 is 11.6 Å². The Balaban J connectivity index is 2.08. The molecule has 0 unspecified atom stereocenters. The fraction of sp³-hybridized carbons (Fsp3) is 0.400. The number of halogens is 1. The van der Waals surface area contributed by atoms with Crippen molar-refractivity contribution in [1.82, 2.24) is 4.98 Å². The summed E-state index contributed by atoms with van der Waals surface area (Å²) in [6.45, 7) is 2.21. The number of anilines is 1. The molecule has 0 amide bonds. The molecule has 94 valence electrons. The number of hydrogen-bond donors (Lipinski definition) is 0. The molecule has 1 aliphatic rings. The zero-order valence-corrected chi connectivity index (χ0v) is 11.2. The van der Waals surface area contributed by atoms with Gasteiger partial charge in [-0.3, -0.25) is 0 Å². The number of nitrogens with zero attached hydrogens (tertiary/aromatic N) is 2. The molecule has 3 heteroatoms. The van der Waals surface area contributed by atoms with Crippen LogP contribution in [0.2, 0.25) is 0 Å². The molecule has 2 aromatic rings. The minimum absolute atomic E-state index is 0.531. The van der Waals surface area contributed by atoms with Crippen LogP contribution in [0.5, 0.6) is 0 Å². The number of piperidine rings is 1. The van der Waals surface area contributed by atoms with E-state index in [1.54, 1.807) is 0 Å². The van der Waals surface area contributed by atoms with Crippen molar-refractivity contribution >= 4 is 28.3 Å². The van der Waals surface area contributed by atoms with Crippen LogP contribution in [0, 0.1) is 0 Å². The van der Waals surface area contributed by atoms with E-state index in [1.807, 2.05) is 12.1 Å². The van der Waals surface area contributed by atoms with Crippen LogP contribution in [0.15, 0.2) is 30.3 Å². The smallest absolute Gasteiger partial charge is 0.133 e. The van der Waals surface area contributed by atoms with Crippen molar-refractivity contribution in [3.8, 4) is 0 Å². The van der Waals surface area contributed by atoms with Gasteiger partial charge in [-0.15, -0.1) is 11.6 Å². The minimum atomic E-state index is 0.531. The minimum Gasteiger partial charge on any atom is -0.356 e. The van der Waals surface area contributed by atoms with E-state index in [9.17, 15) is 0 Å². The molecule has 1 aromatic heterocycles. The molecule has 3 rings (SSSR count). The van der Waals surface area contributed by atoms with Crippen molar-refractivity contribution in [2.24, 2.45) is 0 Å². The standard InChI is InChI=1S/C15H17ClN2/c16-11-13-10-12-6-2-3-7-14(12)17-15(13)18-8-4-1-5-9-18/h2-3,6-7,10H,1,4-5,8-9,11H2. The quantitative estimate of drug-likeness (QED) is 0.760. The fourth-order valence-electron chi connectivity index (χ4n) is 2.63. The highest BCUT2D eigenvalue weighted by Crippen LogP contribution is 2.27. The average Bonchev–Trinajstić information content (AvgIpc) is 2.46. The summed E-state index contributed by atoms with van der Waals surface area (Å²) in [5.41, 5.74) is 2.21. The van der Waals surface area contributed by atoms with Gasteiger partial charge in [-0.1, -0.05) is 18.2 Å². The Morgan fingerprint density at radius 2 is 1.89 bits per heavy atom. The molecule has 0 spiro atoms. The fourth-order valence-corrected chi connectivity index (χ4v) is 2.82. The first-order chi connectivity index (χ1) is 8.88. The van der Waals surface area contributed by atoms with Crippen LogP contribution < -0.4 is 4.90 Å². The molecule has 0 N–H and O–H groups in total. The van der Waals surface area contributed by atoms with Crippen LogP contribution in [0.1, 0.15) is 24.8 Å². The van der Waals surface area contributed by atoms with E-state index in [-0.39, 0.29) is 0 Å². The molecule has 2 heterocycles. The van der Waals surface area contributed by atoms with Gasteiger partial charge in [-0.05, 0) is 31.4 Å². The predicted octanol–water partition coefficient (Wildman–Crippen LogP) is 3.96. The molecule has 18 heavy (non-hydrogen) atoms. The lowest BCUT2D eigenvalue weighted by molar-refractivity contribution is 0.573. The van der Waals surface area contributed by atoms with E-state index in [4.69, 9.17) is 16.6 Å².